The van der Waals surface area contributed by atoms with E-state index in [4.69, 9.17) is 9.47 Å². The molecule has 0 aliphatic carbocycles. The van der Waals surface area contributed by atoms with Gasteiger partial charge in [0.2, 0.25) is 11.8 Å². The van der Waals surface area contributed by atoms with Gasteiger partial charge in [0, 0.05) is 29.8 Å². The van der Waals surface area contributed by atoms with E-state index in [9.17, 15) is 24.0 Å². The predicted molar refractivity (Wildman–Crippen MR) is 140 cm³/mol. The Morgan fingerprint density at radius 2 is 1.97 bits per heavy atom. The Kier molecular flexibility index (Phi) is 10.7. The van der Waals surface area contributed by atoms with Crippen LogP contribution in [-0.4, -0.2) is 67.3 Å². The van der Waals surface area contributed by atoms with Gasteiger partial charge in [0.05, 0.1) is 19.7 Å². The number of amides is 3. The summed E-state index contributed by atoms with van der Waals surface area (Å²) in [6.45, 7) is 1.69. The molecule has 11 heteroatoms. The Morgan fingerprint density at radius 3 is 2.68 bits per heavy atom. The van der Waals surface area contributed by atoms with E-state index in [2.05, 4.69) is 27.9 Å². The number of rotatable bonds is 15. The molecule has 38 heavy (non-hydrogen) atoms. The fourth-order valence-corrected chi connectivity index (χ4v) is 4.37. The summed E-state index contributed by atoms with van der Waals surface area (Å²) in [4.78, 5) is 65.1. The molecule has 1 saturated heterocycles. The van der Waals surface area contributed by atoms with E-state index in [0.717, 1.165) is 24.6 Å². The van der Waals surface area contributed by atoms with Gasteiger partial charge in [-0.3, -0.25) is 24.0 Å². The van der Waals surface area contributed by atoms with E-state index in [-0.39, 0.29) is 31.0 Å². The highest BCUT2D eigenvalue weighted by atomic mass is 16.5. The number of ketones is 1. The average Bonchev–Trinajstić information content (AvgIpc) is 3.53. The minimum Gasteiger partial charge on any atom is -0.496 e. The van der Waals surface area contributed by atoms with Crippen molar-refractivity contribution in [2.75, 3.05) is 26.8 Å². The minimum atomic E-state index is -1.03. The molecule has 0 bridgehead atoms. The van der Waals surface area contributed by atoms with Gasteiger partial charge in [0.15, 0.2) is 12.4 Å². The van der Waals surface area contributed by atoms with E-state index in [1.54, 1.807) is 24.3 Å². The molecule has 0 spiro atoms. The second-order valence-corrected chi connectivity index (χ2v) is 9.36. The molecule has 1 aromatic heterocycles. The largest absolute Gasteiger partial charge is 0.496 e. The van der Waals surface area contributed by atoms with Gasteiger partial charge in [0.1, 0.15) is 11.4 Å². The minimum absolute atomic E-state index is 0.0835. The highest BCUT2D eigenvalue weighted by molar-refractivity contribution is 6.01. The Hall–Kier alpha value is -3.89. The monoisotopic (exact) mass is 528 g/mol. The third-order valence-corrected chi connectivity index (χ3v) is 6.51. The molecule has 1 fully saturated rings. The zero-order valence-corrected chi connectivity index (χ0v) is 21.9. The Morgan fingerprint density at radius 1 is 1.16 bits per heavy atom. The molecule has 1 aliphatic heterocycles. The van der Waals surface area contributed by atoms with Crippen molar-refractivity contribution in [3.8, 4) is 5.75 Å². The van der Waals surface area contributed by atoms with Gasteiger partial charge in [0.25, 0.3) is 5.91 Å². The number of unbranched alkanes of at least 4 members (excludes halogenated alkanes) is 3. The van der Waals surface area contributed by atoms with Crippen LogP contribution < -0.4 is 20.7 Å². The normalized spacial score (nSPS) is 15.5. The lowest BCUT2D eigenvalue weighted by molar-refractivity contribution is -0.149. The van der Waals surface area contributed by atoms with Gasteiger partial charge in [-0.1, -0.05) is 32.3 Å². The van der Waals surface area contributed by atoms with Gasteiger partial charge in [-0.05, 0) is 37.5 Å². The SMILES string of the molecule is CCCCCCC(=O)OCC(=O)C(CC1CCNC1=O)NC(=O)CNC(=O)c1cc2c(OC)cccc2[nH]1. The summed E-state index contributed by atoms with van der Waals surface area (Å²) in [5, 5.41) is 8.56. The summed E-state index contributed by atoms with van der Waals surface area (Å²) in [5.74, 6) is -2.11. The molecule has 3 rings (SSSR count). The van der Waals surface area contributed by atoms with Crippen molar-refractivity contribution in [1.82, 2.24) is 20.9 Å². The predicted octanol–water partition coefficient (Wildman–Crippen LogP) is 2.00. The number of Topliss-reactive ketones (excluding diaryl/α,β-unsaturated/α-hetero) is 1. The Labute approximate surface area is 221 Å². The topological polar surface area (TPSA) is 156 Å². The number of carbonyl (C=O) groups excluding carboxylic acids is 5. The lowest BCUT2D eigenvalue weighted by atomic mass is 9.96. The van der Waals surface area contributed by atoms with Crippen LogP contribution >= 0.6 is 0 Å². The zero-order valence-electron chi connectivity index (χ0n) is 21.9. The van der Waals surface area contributed by atoms with Crippen LogP contribution in [0.15, 0.2) is 24.3 Å². The third-order valence-electron chi connectivity index (χ3n) is 6.51. The van der Waals surface area contributed by atoms with E-state index < -0.39 is 42.1 Å². The zero-order chi connectivity index (χ0) is 27.5. The molecule has 2 unspecified atom stereocenters. The molecule has 1 aromatic carbocycles. The van der Waals surface area contributed by atoms with E-state index in [1.807, 2.05) is 0 Å². The smallest absolute Gasteiger partial charge is 0.306 e. The van der Waals surface area contributed by atoms with Crippen molar-refractivity contribution in [2.24, 2.45) is 5.92 Å². The summed E-state index contributed by atoms with van der Waals surface area (Å²) in [6.07, 6.45) is 4.51. The first-order valence-corrected chi connectivity index (χ1v) is 13.0. The number of methoxy groups -OCH3 is 1. The van der Waals surface area contributed by atoms with Crippen LogP contribution in [-0.2, 0) is 23.9 Å². The highest BCUT2D eigenvalue weighted by Crippen LogP contribution is 2.26. The first kappa shape index (κ1) is 28.7. The van der Waals surface area contributed by atoms with Crippen molar-refractivity contribution in [2.45, 2.75) is 57.9 Å². The molecule has 2 aromatic rings. The number of aromatic nitrogens is 1. The summed E-state index contributed by atoms with van der Waals surface area (Å²) >= 11 is 0. The van der Waals surface area contributed by atoms with Crippen molar-refractivity contribution in [3.05, 3.63) is 30.0 Å². The van der Waals surface area contributed by atoms with Gasteiger partial charge in [-0.25, -0.2) is 0 Å². The number of nitrogens with one attached hydrogen (secondary N) is 4. The van der Waals surface area contributed by atoms with Crippen molar-refractivity contribution < 1.29 is 33.4 Å². The van der Waals surface area contributed by atoms with Crippen molar-refractivity contribution in [1.29, 1.82) is 0 Å². The highest BCUT2D eigenvalue weighted by Gasteiger charge is 2.31. The molecule has 11 nitrogen and oxygen atoms in total. The van der Waals surface area contributed by atoms with Crippen LogP contribution in [0.25, 0.3) is 10.9 Å². The van der Waals surface area contributed by atoms with Gasteiger partial charge >= 0.3 is 5.97 Å². The summed E-state index contributed by atoms with van der Waals surface area (Å²) < 4.78 is 10.4. The average molecular weight is 529 g/mol. The lowest BCUT2D eigenvalue weighted by Crippen LogP contribution is -2.48. The number of H-pyrrole nitrogens is 1. The fraction of sp³-hybridized carbons (Fsp3) is 0.519. The number of benzene rings is 1. The van der Waals surface area contributed by atoms with E-state index >= 15 is 0 Å². The van der Waals surface area contributed by atoms with Crippen molar-refractivity contribution in [3.63, 3.8) is 0 Å². The van der Waals surface area contributed by atoms with Crippen LogP contribution in [0.3, 0.4) is 0 Å². The van der Waals surface area contributed by atoms with E-state index in [0.29, 0.717) is 30.7 Å². The fourth-order valence-electron chi connectivity index (χ4n) is 4.37. The number of hydrogen-bond acceptors (Lipinski definition) is 7. The molecule has 0 saturated carbocycles. The van der Waals surface area contributed by atoms with Crippen LogP contribution in [0.1, 0.15) is 62.4 Å². The van der Waals surface area contributed by atoms with Crippen LogP contribution in [0.4, 0.5) is 0 Å². The van der Waals surface area contributed by atoms with Crippen LogP contribution in [0, 0.1) is 5.92 Å². The standard InChI is InChI=1S/C27H36N4O7/c1-3-4-5-6-10-25(34)38-16-22(32)20(13-17-11-12-28-26(17)35)31-24(33)15-29-27(36)21-14-18-19(30-21)8-7-9-23(18)37-2/h7-9,14,17,20,30H,3-6,10-13,15-16H2,1-2H3,(H,28,35)(H,29,36)(H,31,33). The van der Waals surface area contributed by atoms with Crippen molar-refractivity contribution >= 4 is 40.4 Å². The molecule has 2 atom stereocenters. The summed E-state index contributed by atoms with van der Waals surface area (Å²) in [7, 11) is 1.54. The number of esters is 1. The second kappa shape index (κ2) is 14.2. The van der Waals surface area contributed by atoms with Gasteiger partial charge in [-0.2, -0.15) is 0 Å². The molecule has 0 radical (unpaired) electrons. The van der Waals surface area contributed by atoms with Gasteiger partial charge in [-0.15, -0.1) is 0 Å². The number of carbonyl (C=O) groups is 5. The first-order valence-electron chi connectivity index (χ1n) is 13.0. The number of hydrogen-bond donors (Lipinski definition) is 4. The Balaban J connectivity index is 1.55. The van der Waals surface area contributed by atoms with Gasteiger partial charge < -0.3 is 30.4 Å². The quantitative estimate of drug-likeness (QED) is 0.203. The van der Waals surface area contributed by atoms with Crippen LogP contribution in [0.2, 0.25) is 0 Å². The maximum Gasteiger partial charge on any atom is 0.306 e. The number of ether oxygens (including phenoxy) is 2. The first-order chi connectivity index (χ1) is 18.3. The Bertz CT molecular complexity index is 1160. The maximum atomic E-state index is 12.8. The second-order valence-electron chi connectivity index (χ2n) is 9.36. The maximum absolute atomic E-state index is 12.8. The molecular weight excluding hydrogens is 492 g/mol. The lowest BCUT2D eigenvalue weighted by Gasteiger charge is -2.20. The number of fused-ring (bicyclic) bond motifs is 1. The molecule has 3 amide bonds. The van der Waals surface area contributed by atoms with E-state index in [1.165, 1.54) is 7.11 Å². The summed E-state index contributed by atoms with van der Waals surface area (Å²) in [5.41, 5.74) is 0.956. The number of aromatic amines is 1. The molecule has 206 valence electrons. The molecule has 1 aliphatic rings. The molecule has 2 heterocycles. The third kappa shape index (κ3) is 8.06. The molecule has 4 N–H and O–H groups in total. The van der Waals surface area contributed by atoms with Crippen LogP contribution in [0.5, 0.6) is 5.75 Å². The summed E-state index contributed by atoms with van der Waals surface area (Å²) in [6, 6.07) is 5.96. The molecular formula is C27H36N4O7.